The Labute approximate surface area is 147 Å². The molecule has 0 saturated heterocycles. The van der Waals surface area contributed by atoms with Gasteiger partial charge >= 0.3 is 0 Å². The Morgan fingerprint density at radius 2 is 1.20 bits per heavy atom. The molecule has 0 amide bonds. The summed E-state index contributed by atoms with van der Waals surface area (Å²) in [6, 6.07) is 24.5. The third kappa shape index (κ3) is 3.31. The minimum atomic E-state index is 0.708. The molecule has 0 aliphatic heterocycles. The van der Waals surface area contributed by atoms with Gasteiger partial charge in [-0.05, 0) is 25.1 Å². The molecule has 0 saturated carbocycles. The lowest BCUT2D eigenvalue weighted by Crippen LogP contribution is -1.96. The number of hydrogen-bond acceptors (Lipinski definition) is 3. The second-order valence-corrected chi connectivity index (χ2v) is 5.93. The molecular weight excluding hydrogens is 306 g/mol. The van der Waals surface area contributed by atoms with E-state index in [4.69, 9.17) is 9.97 Å². The summed E-state index contributed by atoms with van der Waals surface area (Å²) in [4.78, 5) is 13.7. The molecule has 2 aromatic heterocycles. The highest BCUT2D eigenvalue weighted by Crippen LogP contribution is 2.27. The molecule has 0 aliphatic rings. The molecule has 0 radical (unpaired) electrons. The highest BCUT2D eigenvalue weighted by Gasteiger charge is 2.10. The van der Waals surface area contributed by atoms with E-state index in [9.17, 15) is 0 Å². The average molecular weight is 323 g/mol. The number of pyridine rings is 1. The van der Waals surface area contributed by atoms with Crippen molar-refractivity contribution < 1.29 is 0 Å². The van der Waals surface area contributed by atoms with Crippen LogP contribution in [0.2, 0.25) is 0 Å². The van der Waals surface area contributed by atoms with Crippen LogP contribution < -0.4 is 0 Å². The summed E-state index contributed by atoms with van der Waals surface area (Å²) in [6.07, 6.45) is 3.53. The van der Waals surface area contributed by atoms with Crippen LogP contribution in [0.4, 0.5) is 0 Å². The molecule has 2 heterocycles. The van der Waals surface area contributed by atoms with Crippen molar-refractivity contribution in [3.63, 3.8) is 0 Å². The molecule has 0 N–H and O–H groups in total. The molecule has 120 valence electrons. The molecule has 3 heteroatoms. The van der Waals surface area contributed by atoms with Crippen molar-refractivity contribution in [1.82, 2.24) is 15.0 Å². The topological polar surface area (TPSA) is 38.7 Å². The standard InChI is InChI=1S/C22H17N3/c1-16-7-9-18(10-8-16)21-15-20(17-5-3-2-4-6-17)24-22(25-21)19-11-13-23-14-12-19/h2-15H,1H3. The minimum Gasteiger partial charge on any atom is -0.265 e. The van der Waals surface area contributed by atoms with Crippen molar-refractivity contribution >= 4 is 0 Å². The van der Waals surface area contributed by atoms with Crippen molar-refractivity contribution in [3.8, 4) is 33.9 Å². The van der Waals surface area contributed by atoms with Crippen LogP contribution in [0.5, 0.6) is 0 Å². The van der Waals surface area contributed by atoms with Gasteiger partial charge in [0, 0.05) is 29.1 Å². The number of benzene rings is 2. The van der Waals surface area contributed by atoms with Crippen molar-refractivity contribution in [1.29, 1.82) is 0 Å². The number of rotatable bonds is 3. The molecule has 0 fully saturated rings. The highest BCUT2D eigenvalue weighted by atomic mass is 14.9. The third-order valence-electron chi connectivity index (χ3n) is 4.08. The zero-order valence-electron chi connectivity index (χ0n) is 13.9. The second kappa shape index (κ2) is 6.65. The summed E-state index contributed by atoms with van der Waals surface area (Å²) in [5, 5.41) is 0. The summed E-state index contributed by atoms with van der Waals surface area (Å²) in [5.74, 6) is 0.708. The Balaban J connectivity index is 1.90. The molecule has 25 heavy (non-hydrogen) atoms. The monoisotopic (exact) mass is 323 g/mol. The first-order valence-corrected chi connectivity index (χ1v) is 8.21. The van der Waals surface area contributed by atoms with Crippen LogP contribution >= 0.6 is 0 Å². The van der Waals surface area contributed by atoms with Crippen LogP contribution in [0.15, 0.2) is 85.2 Å². The number of aromatic nitrogens is 3. The molecule has 2 aromatic carbocycles. The summed E-state index contributed by atoms with van der Waals surface area (Å²) in [5.41, 5.74) is 6.18. The molecule has 0 spiro atoms. The van der Waals surface area contributed by atoms with Crippen LogP contribution in [-0.4, -0.2) is 15.0 Å². The van der Waals surface area contributed by atoms with Crippen LogP contribution in [-0.2, 0) is 0 Å². The summed E-state index contributed by atoms with van der Waals surface area (Å²) in [7, 11) is 0. The minimum absolute atomic E-state index is 0.708. The molecule has 4 aromatic rings. The number of aryl methyl sites for hydroxylation is 1. The van der Waals surface area contributed by atoms with Gasteiger partial charge in [0.05, 0.1) is 11.4 Å². The van der Waals surface area contributed by atoms with E-state index in [1.165, 1.54) is 5.56 Å². The van der Waals surface area contributed by atoms with Crippen LogP contribution in [0, 0.1) is 6.92 Å². The lowest BCUT2D eigenvalue weighted by atomic mass is 10.1. The van der Waals surface area contributed by atoms with Gasteiger partial charge in [-0.3, -0.25) is 4.98 Å². The molecule has 0 unspecified atom stereocenters. The Morgan fingerprint density at radius 1 is 0.600 bits per heavy atom. The molecule has 3 nitrogen and oxygen atoms in total. The van der Waals surface area contributed by atoms with Crippen LogP contribution in [0.1, 0.15) is 5.56 Å². The van der Waals surface area contributed by atoms with Crippen molar-refractivity contribution in [2.45, 2.75) is 6.92 Å². The van der Waals surface area contributed by atoms with Gasteiger partial charge in [0.1, 0.15) is 0 Å². The van der Waals surface area contributed by atoms with E-state index in [1.54, 1.807) is 12.4 Å². The van der Waals surface area contributed by atoms with E-state index < -0.39 is 0 Å². The number of nitrogens with zero attached hydrogens (tertiary/aromatic N) is 3. The maximum atomic E-state index is 4.79. The van der Waals surface area contributed by atoms with Crippen LogP contribution in [0.3, 0.4) is 0 Å². The first-order valence-electron chi connectivity index (χ1n) is 8.21. The normalized spacial score (nSPS) is 10.6. The summed E-state index contributed by atoms with van der Waals surface area (Å²) < 4.78 is 0. The third-order valence-corrected chi connectivity index (χ3v) is 4.08. The Kier molecular flexibility index (Phi) is 4.05. The predicted molar refractivity (Wildman–Crippen MR) is 101 cm³/mol. The van der Waals surface area contributed by atoms with Gasteiger partial charge in [0.15, 0.2) is 5.82 Å². The van der Waals surface area contributed by atoms with Gasteiger partial charge in [-0.1, -0.05) is 60.2 Å². The SMILES string of the molecule is Cc1ccc(-c2cc(-c3ccccc3)nc(-c3ccncc3)n2)cc1. The zero-order chi connectivity index (χ0) is 17.1. The van der Waals surface area contributed by atoms with Gasteiger partial charge in [-0.2, -0.15) is 0 Å². The largest absolute Gasteiger partial charge is 0.265 e. The molecule has 0 atom stereocenters. The Bertz CT molecular complexity index is 921. The molecular formula is C22H17N3. The van der Waals surface area contributed by atoms with Gasteiger partial charge in [0.2, 0.25) is 0 Å². The van der Waals surface area contributed by atoms with E-state index in [2.05, 4.69) is 48.3 Å². The smallest absolute Gasteiger partial charge is 0.160 e. The van der Waals surface area contributed by atoms with E-state index in [1.807, 2.05) is 36.4 Å². The summed E-state index contributed by atoms with van der Waals surface area (Å²) >= 11 is 0. The first kappa shape index (κ1) is 15.2. The van der Waals surface area contributed by atoms with E-state index in [-0.39, 0.29) is 0 Å². The second-order valence-electron chi connectivity index (χ2n) is 5.93. The first-order chi connectivity index (χ1) is 12.3. The Hall–Kier alpha value is -3.33. The van der Waals surface area contributed by atoms with Crippen molar-refractivity contribution in [2.75, 3.05) is 0 Å². The zero-order valence-corrected chi connectivity index (χ0v) is 13.9. The highest BCUT2D eigenvalue weighted by molar-refractivity contribution is 5.71. The lowest BCUT2D eigenvalue weighted by molar-refractivity contribution is 1.17. The molecule has 0 bridgehead atoms. The fourth-order valence-corrected chi connectivity index (χ4v) is 2.71. The van der Waals surface area contributed by atoms with Crippen molar-refractivity contribution in [3.05, 3.63) is 90.8 Å². The molecule has 4 rings (SSSR count). The van der Waals surface area contributed by atoms with Gasteiger partial charge in [-0.15, -0.1) is 0 Å². The van der Waals surface area contributed by atoms with Gasteiger partial charge in [-0.25, -0.2) is 9.97 Å². The Morgan fingerprint density at radius 3 is 1.84 bits per heavy atom. The predicted octanol–water partition coefficient (Wildman–Crippen LogP) is 5.18. The van der Waals surface area contributed by atoms with Crippen LogP contribution in [0.25, 0.3) is 33.9 Å². The fraction of sp³-hybridized carbons (Fsp3) is 0.0455. The fourth-order valence-electron chi connectivity index (χ4n) is 2.71. The lowest BCUT2D eigenvalue weighted by Gasteiger charge is -2.09. The van der Waals surface area contributed by atoms with E-state index in [0.29, 0.717) is 5.82 Å². The maximum Gasteiger partial charge on any atom is 0.160 e. The van der Waals surface area contributed by atoms with Crippen molar-refractivity contribution in [2.24, 2.45) is 0 Å². The maximum absolute atomic E-state index is 4.79. The van der Waals surface area contributed by atoms with E-state index >= 15 is 0 Å². The van der Waals surface area contributed by atoms with Gasteiger partial charge < -0.3 is 0 Å². The quantitative estimate of drug-likeness (QED) is 0.521. The van der Waals surface area contributed by atoms with E-state index in [0.717, 1.165) is 28.1 Å². The van der Waals surface area contributed by atoms with Gasteiger partial charge in [0.25, 0.3) is 0 Å². The average Bonchev–Trinajstić information content (AvgIpc) is 2.69. The molecule has 0 aliphatic carbocycles. The number of hydrogen-bond donors (Lipinski definition) is 0. The summed E-state index contributed by atoms with van der Waals surface area (Å²) in [6.45, 7) is 2.08.